The second-order valence-electron chi connectivity index (χ2n) is 10.9. The number of halogens is 2. The third kappa shape index (κ3) is 4.89. The molecule has 0 saturated carbocycles. The second kappa shape index (κ2) is 10.9. The van der Waals surface area contributed by atoms with E-state index in [2.05, 4.69) is 114 Å². The van der Waals surface area contributed by atoms with Crippen molar-refractivity contribution in [1.29, 1.82) is 0 Å². The number of benzene rings is 7. The summed E-state index contributed by atoms with van der Waals surface area (Å²) in [6.07, 6.45) is 0. The smallest absolute Gasteiger partial charge is 0.137 e. The van der Waals surface area contributed by atoms with Gasteiger partial charge in [-0.05, 0) is 99.8 Å². The summed E-state index contributed by atoms with van der Waals surface area (Å²) in [6, 6.07) is 52.5. The van der Waals surface area contributed by atoms with E-state index in [1.54, 1.807) is 6.07 Å². The van der Waals surface area contributed by atoms with Crippen LogP contribution >= 0.6 is 23.2 Å². The van der Waals surface area contributed by atoms with Crippen molar-refractivity contribution >= 4 is 73.0 Å². The van der Waals surface area contributed by atoms with Crippen LogP contribution in [0.5, 0.6) is 0 Å². The molecule has 4 heteroatoms. The Kier molecular flexibility index (Phi) is 6.60. The van der Waals surface area contributed by atoms with E-state index in [1.807, 2.05) is 36.4 Å². The lowest BCUT2D eigenvalue weighted by atomic mass is 10.0. The maximum atomic E-state index is 6.30. The number of rotatable bonds is 5. The number of fused-ring (bicyclic) bond motifs is 4. The van der Waals surface area contributed by atoms with Crippen molar-refractivity contribution in [3.8, 4) is 22.3 Å². The third-order valence-electron chi connectivity index (χ3n) is 8.13. The van der Waals surface area contributed by atoms with E-state index in [0.717, 1.165) is 60.9 Å². The summed E-state index contributed by atoms with van der Waals surface area (Å²) in [5.41, 5.74) is 9.32. The molecule has 8 aromatic rings. The summed E-state index contributed by atoms with van der Waals surface area (Å²) in [5.74, 6) is 0. The minimum absolute atomic E-state index is 0.623. The molecule has 0 atom stereocenters. The van der Waals surface area contributed by atoms with Crippen LogP contribution in [0, 0.1) is 0 Å². The normalized spacial score (nSPS) is 11.4. The molecule has 44 heavy (non-hydrogen) atoms. The van der Waals surface area contributed by atoms with Crippen LogP contribution in [-0.2, 0) is 0 Å². The lowest BCUT2D eigenvalue weighted by Crippen LogP contribution is -2.09. The van der Waals surface area contributed by atoms with E-state index in [-0.39, 0.29) is 0 Å². The highest BCUT2D eigenvalue weighted by molar-refractivity contribution is 6.35. The molecule has 1 aromatic heterocycles. The zero-order valence-corrected chi connectivity index (χ0v) is 25.1. The van der Waals surface area contributed by atoms with Crippen LogP contribution in [0.2, 0.25) is 10.0 Å². The Bertz CT molecular complexity index is 2290. The van der Waals surface area contributed by atoms with Gasteiger partial charge < -0.3 is 9.32 Å². The van der Waals surface area contributed by atoms with E-state index < -0.39 is 0 Å². The minimum atomic E-state index is 0.623. The zero-order chi connectivity index (χ0) is 29.6. The van der Waals surface area contributed by atoms with Gasteiger partial charge in [-0.3, -0.25) is 0 Å². The first-order chi connectivity index (χ1) is 21.6. The van der Waals surface area contributed by atoms with Gasteiger partial charge in [0, 0.05) is 43.9 Å². The Hall–Kier alpha value is -5.02. The molecule has 0 saturated heterocycles. The molecule has 0 amide bonds. The van der Waals surface area contributed by atoms with Gasteiger partial charge in [-0.1, -0.05) is 102 Å². The van der Waals surface area contributed by atoms with E-state index in [1.165, 1.54) is 11.1 Å². The minimum Gasteiger partial charge on any atom is -0.456 e. The predicted octanol–water partition coefficient (Wildman–Crippen LogP) is 12.8. The molecule has 7 aromatic carbocycles. The van der Waals surface area contributed by atoms with Crippen molar-refractivity contribution in [3.63, 3.8) is 0 Å². The number of anilines is 3. The monoisotopic (exact) mass is 605 g/mol. The van der Waals surface area contributed by atoms with E-state index in [0.29, 0.717) is 10.0 Å². The average molecular weight is 607 g/mol. The highest BCUT2D eigenvalue weighted by Crippen LogP contribution is 2.40. The quantitative estimate of drug-likeness (QED) is 0.194. The number of furan rings is 1. The van der Waals surface area contributed by atoms with Crippen LogP contribution in [-0.4, -0.2) is 0 Å². The molecule has 0 radical (unpaired) electrons. The van der Waals surface area contributed by atoms with Gasteiger partial charge in [0.1, 0.15) is 11.2 Å². The summed E-state index contributed by atoms with van der Waals surface area (Å²) in [7, 11) is 0. The summed E-state index contributed by atoms with van der Waals surface area (Å²) >= 11 is 12.6. The van der Waals surface area contributed by atoms with Crippen LogP contribution < -0.4 is 4.90 Å². The van der Waals surface area contributed by atoms with Crippen molar-refractivity contribution in [1.82, 2.24) is 0 Å². The fourth-order valence-corrected chi connectivity index (χ4v) is 6.53. The van der Waals surface area contributed by atoms with Gasteiger partial charge >= 0.3 is 0 Å². The van der Waals surface area contributed by atoms with Crippen molar-refractivity contribution < 1.29 is 4.42 Å². The van der Waals surface area contributed by atoms with Crippen LogP contribution in [0.3, 0.4) is 0 Å². The highest BCUT2D eigenvalue weighted by atomic mass is 35.5. The molecule has 0 N–H and O–H groups in total. The zero-order valence-electron chi connectivity index (χ0n) is 23.5. The predicted molar refractivity (Wildman–Crippen MR) is 187 cm³/mol. The van der Waals surface area contributed by atoms with Gasteiger partial charge in [-0.25, -0.2) is 0 Å². The van der Waals surface area contributed by atoms with Crippen LogP contribution in [0.1, 0.15) is 0 Å². The van der Waals surface area contributed by atoms with Gasteiger partial charge in [0.15, 0.2) is 0 Å². The molecule has 2 nitrogen and oxygen atoms in total. The van der Waals surface area contributed by atoms with Crippen molar-refractivity contribution in [3.05, 3.63) is 162 Å². The Labute approximate surface area is 265 Å². The number of hydrogen-bond acceptors (Lipinski definition) is 2. The Morgan fingerprint density at radius 3 is 1.80 bits per heavy atom. The molecule has 0 bridgehead atoms. The van der Waals surface area contributed by atoms with Crippen molar-refractivity contribution in [2.45, 2.75) is 0 Å². The van der Waals surface area contributed by atoms with Gasteiger partial charge in [-0.2, -0.15) is 0 Å². The van der Waals surface area contributed by atoms with Gasteiger partial charge in [0.05, 0.1) is 0 Å². The van der Waals surface area contributed by atoms with Crippen LogP contribution in [0.25, 0.3) is 55.0 Å². The SMILES string of the molecule is Clc1cc(Cl)cc(-c2ccc3cc(N(c4ccc(-c5ccccc5)cc4)c4ccc5c(c4)oc4ccccc45)ccc3c2)c1. The molecular weight excluding hydrogens is 581 g/mol. The molecule has 0 spiro atoms. The van der Waals surface area contributed by atoms with E-state index in [4.69, 9.17) is 27.6 Å². The van der Waals surface area contributed by atoms with Gasteiger partial charge in [0.25, 0.3) is 0 Å². The summed E-state index contributed by atoms with van der Waals surface area (Å²) < 4.78 is 6.29. The largest absolute Gasteiger partial charge is 0.456 e. The van der Waals surface area contributed by atoms with Crippen LogP contribution in [0.15, 0.2) is 156 Å². The lowest BCUT2D eigenvalue weighted by molar-refractivity contribution is 0.669. The molecule has 0 aliphatic carbocycles. The number of para-hydroxylation sites is 1. The fraction of sp³-hybridized carbons (Fsp3) is 0. The van der Waals surface area contributed by atoms with E-state index >= 15 is 0 Å². The highest BCUT2D eigenvalue weighted by Gasteiger charge is 2.16. The average Bonchev–Trinajstić information content (AvgIpc) is 3.43. The second-order valence-corrected chi connectivity index (χ2v) is 11.8. The van der Waals surface area contributed by atoms with Gasteiger partial charge in [-0.15, -0.1) is 0 Å². The molecule has 8 rings (SSSR count). The molecule has 0 fully saturated rings. The molecular formula is C40H25Cl2NO. The first kappa shape index (κ1) is 26.6. The lowest BCUT2D eigenvalue weighted by Gasteiger charge is -2.26. The molecule has 1 heterocycles. The summed E-state index contributed by atoms with van der Waals surface area (Å²) in [5, 5.41) is 5.74. The summed E-state index contributed by atoms with van der Waals surface area (Å²) in [4.78, 5) is 2.28. The molecule has 0 aliphatic heterocycles. The van der Waals surface area contributed by atoms with Gasteiger partial charge in [0.2, 0.25) is 0 Å². The van der Waals surface area contributed by atoms with Crippen molar-refractivity contribution in [2.24, 2.45) is 0 Å². The molecule has 0 aliphatic rings. The van der Waals surface area contributed by atoms with E-state index in [9.17, 15) is 0 Å². The Morgan fingerprint density at radius 2 is 0.977 bits per heavy atom. The standard InChI is InChI=1S/C40H25Cl2NO/c41-32-21-31(22-33(42)24-32)29-10-11-30-23-35(17-14-28(30)20-29)43(34-15-12-27(13-16-34)26-6-2-1-3-7-26)36-18-19-38-37-8-4-5-9-39(37)44-40(38)25-36/h1-25H. The van der Waals surface area contributed by atoms with Crippen LogP contribution in [0.4, 0.5) is 17.1 Å². The molecule has 210 valence electrons. The summed E-state index contributed by atoms with van der Waals surface area (Å²) in [6.45, 7) is 0. The maximum Gasteiger partial charge on any atom is 0.137 e. The topological polar surface area (TPSA) is 16.4 Å². The Balaban J connectivity index is 1.25. The Morgan fingerprint density at radius 1 is 0.386 bits per heavy atom. The maximum absolute atomic E-state index is 6.30. The fourth-order valence-electron chi connectivity index (χ4n) is 6.01. The van der Waals surface area contributed by atoms with Crippen molar-refractivity contribution in [2.75, 3.05) is 4.90 Å². The molecule has 0 unspecified atom stereocenters. The number of nitrogens with zero attached hydrogens (tertiary/aromatic N) is 1. The third-order valence-corrected chi connectivity index (χ3v) is 8.57. The first-order valence-corrected chi connectivity index (χ1v) is 15.2. The number of hydrogen-bond donors (Lipinski definition) is 0. The first-order valence-electron chi connectivity index (χ1n) is 14.5.